The monoisotopic (exact) mass is 506 g/mol. The molecule has 10 heteroatoms. The van der Waals surface area contributed by atoms with Crippen LogP contribution in [0.3, 0.4) is 0 Å². The van der Waals surface area contributed by atoms with Crippen LogP contribution in [0.4, 0.5) is 13.2 Å². The van der Waals surface area contributed by atoms with E-state index < -0.39 is 11.9 Å². The normalized spacial score (nSPS) is 16.5. The molecule has 1 fully saturated rings. The first-order valence-corrected chi connectivity index (χ1v) is 9.48. The summed E-state index contributed by atoms with van der Waals surface area (Å²) in [6, 6.07) is 0. The van der Waals surface area contributed by atoms with Crippen LogP contribution in [0.25, 0.3) is 0 Å². The molecule has 1 N–H and O–H groups in total. The van der Waals surface area contributed by atoms with Crippen LogP contribution in [0.1, 0.15) is 37.4 Å². The highest BCUT2D eigenvalue weighted by molar-refractivity contribution is 14.0. The number of nitrogens with one attached hydrogen (secondary N) is 1. The molecule has 0 saturated carbocycles. The van der Waals surface area contributed by atoms with Gasteiger partial charge in [0.1, 0.15) is 0 Å². The van der Waals surface area contributed by atoms with Crippen LogP contribution in [0.5, 0.6) is 0 Å². The van der Waals surface area contributed by atoms with Gasteiger partial charge in [-0.3, -0.25) is 4.99 Å². The molecule has 2 heterocycles. The van der Waals surface area contributed by atoms with Gasteiger partial charge >= 0.3 is 6.18 Å². The number of rotatable bonds is 6. The quantitative estimate of drug-likeness (QED) is 0.363. The van der Waals surface area contributed by atoms with Gasteiger partial charge in [-0.05, 0) is 26.7 Å². The van der Waals surface area contributed by atoms with E-state index in [2.05, 4.69) is 20.2 Å². The second-order valence-electron chi connectivity index (χ2n) is 5.75. The number of aromatic nitrogens is 1. The fraction of sp³-hybridized carbons (Fsp3) is 0.750. The van der Waals surface area contributed by atoms with Crippen LogP contribution < -0.4 is 5.32 Å². The maximum absolute atomic E-state index is 12.6. The Kier molecular flexibility index (Phi) is 10.2. The Labute approximate surface area is 173 Å². The molecular formula is C16H26F3IN4OS. The number of likely N-dealkylation sites (tertiary alicyclic amines) is 1. The van der Waals surface area contributed by atoms with Crippen molar-refractivity contribution < 1.29 is 17.9 Å². The summed E-state index contributed by atoms with van der Waals surface area (Å²) in [7, 11) is 0. The molecule has 0 spiro atoms. The highest BCUT2D eigenvalue weighted by Crippen LogP contribution is 2.30. The third-order valence-electron chi connectivity index (χ3n) is 3.91. The Balaban J connectivity index is 0.00000338. The van der Waals surface area contributed by atoms with Gasteiger partial charge in [0.25, 0.3) is 0 Å². The summed E-state index contributed by atoms with van der Waals surface area (Å²) in [5.74, 6) is 0.810. The molecule has 26 heavy (non-hydrogen) atoms. The molecule has 0 aliphatic carbocycles. The predicted molar refractivity (Wildman–Crippen MR) is 108 cm³/mol. The Morgan fingerprint density at radius 1 is 1.38 bits per heavy atom. The molecule has 1 aliphatic heterocycles. The van der Waals surface area contributed by atoms with Gasteiger partial charge in [-0.1, -0.05) is 0 Å². The van der Waals surface area contributed by atoms with Crippen LogP contribution in [0, 0.1) is 0 Å². The van der Waals surface area contributed by atoms with Gasteiger partial charge in [0.05, 0.1) is 11.1 Å². The van der Waals surface area contributed by atoms with E-state index in [0.29, 0.717) is 24.1 Å². The number of guanidine groups is 1. The van der Waals surface area contributed by atoms with Crippen LogP contribution in [0.15, 0.2) is 10.4 Å². The number of alkyl halides is 3. The van der Waals surface area contributed by atoms with Gasteiger partial charge in [0, 0.05) is 44.6 Å². The molecule has 1 saturated heterocycles. The number of halogens is 4. The van der Waals surface area contributed by atoms with Gasteiger partial charge in [0.2, 0.25) is 0 Å². The lowest BCUT2D eigenvalue weighted by atomic mass is 10.1. The minimum atomic E-state index is -4.38. The third-order valence-corrected chi connectivity index (χ3v) is 4.82. The van der Waals surface area contributed by atoms with Gasteiger partial charge in [-0.2, -0.15) is 13.2 Å². The maximum atomic E-state index is 12.6. The molecule has 150 valence electrons. The first-order valence-electron chi connectivity index (χ1n) is 8.60. The van der Waals surface area contributed by atoms with Gasteiger partial charge in [-0.15, -0.1) is 35.3 Å². The standard InChI is InChI=1S/C16H25F3N4OS.HI/c1-3-20-15(23-9-6-12(7-10-23)24-4-2)21-8-5-14-22-13(11-25-14)16(17,18)19;/h11-12H,3-10H2,1-2H3,(H,20,21);1H. The molecule has 2 rings (SSSR count). The molecule has 0 aromatic carbocycles. The summed E-state index contributed by atoms with van der Waals surface area (Å²) in [5, 5.41) is 4.77. The molecule has 0 radical (unpaired) electrons. The van der Waals surface area contributed by atoms with E-state index in [0.717, 1.165) is 61.8 Å². The SMILES string of the molecule is CCNC(=NCCc1nc(C(F)(F)F)cs1)N1CCC(OCC)CC1.I. The molecule has 0 unspecified atom stereocenters. The minimum Gasteiger partial charge on any atom is -0.378 e. The summed E-state index contributed by atoms with van der Waals surface area (Å²) >= 11 is 1.03. The van der Waals surface area contributed by atoms with Crippen molar-refractivity contribution >= 4 is 41.3 Å². The van der Waals surface area contributed by atoms with Gasteiger partial charge in [-0.25, -0.2) is 4.98 Å². The number of thiazole rings is 1. The van der Waals surface area contributed by atoms with E-state index in [9.17, 15) is 13.2 Å². The van der Waals surface area contributed by atoms with Crippen molar-refractivity contribution in [1.29, 1.82) is 0 Å². The third kappa shape index (κ3) is 7.18. The largest absolute Gasteiger partial charge is 0.434 e. The predicted octanol–water partition coefficient (Wildman–Crippen LogP) is 3.79. The Hall–Kier alpha value is -0.620. The number of aliphatic imine (C=N–C) groups is 1. The highest BCUT2D eigenvalue weighted by atomic mass is 127. The summed E-state index contributed by atoms with van der Waals surface area (Å²) < 4.78 is 43.4. The second-order valence-corrected chi connectivity index (χ2v) is 6.69. The lowest BCUT2D eigenvalue weighted by Gasteiger charge is -2.34. The van der Waals surface area contributed by atoms with Gasteiger partial charge < -0.3 is 15.0 Å². The summed E-state index contributed by atoms with van der Waals surface area (Å²) in [6.45, 7) is 7.63. The van der Waals surface area contributed by atoms with E-state index in [-0.39, 0.29) is 24.0 Å². The Bertz CT molecular complexity index is 560. The average Bonchev–Trinajstić information content (AvgIpc) is 3.04. The number of nitrogens with zero attached hydrogens (tertiary/aromatic N) is 3. The molecule has 0 amide bonds. The van der Waals surface area contributed by atoms with Crippen molar-refractivity contribution in [3.8, 4) is 0 Å². The van der Waals surface area contributed by atoms with Crippen LogP contribution in [-0.2, 0) is 17.3 Å². The molecule has 5 nitrogen and oxygen atoms in total. The average molecular weight is 506 g/mol. The van der Waals surface area contributed by atoms with E-state index >= 15 is 0 Å². The number of hydrogen-bond acceptors (Lipinski definition) is 4. The minimum absolute atomic E-state index is 0. The number of piperidine rings is 1. The highest BCUT2D eigenvalue weighted by Gasteiger charge is 2.33. The van der Waals surface area contributed by atoms with Crippen molar-refractivity contribution in [3.05, 3.63) is 16.1 Å². The summed E-state index contributed by atoms with van der Waals surface area (Å²) in [4.78, 5) is 10.4. The molecule has 0 bridgehead atoms. The zero-order chi connectivity index (χ0) is 18.3. The van der Waals surface area contributed by atoms with Crippen molar-refractivity contribution in [2.24, 2.45) is 4.99 Å². The van der Waals surface area contributed by atoms with Crippen molar-refractivity contribution in [3.63, 3.8) is 0 Å². The van der Waals surface area contributed by atoms with E-state index in [1.165, 1.54) is 0 Å². The lowest BCUT2D eigenvalue weighted by Crippen LogP contribution is -2.47. The maximum Gasteiger partial charge on any atom is 0.434 e. The zero-order valence-corrected chi connectivity index (χ0v) is 18.2. The first-order chi connectivity index (χ1) is 11.9. The molecular weight excluding hydrogens is 480 g/mol. The van der Waals surface area contributed by atoms with Crippen LogP contribution in [0.2, 0.25) is 0 Å². The smallest absolute Gasteiger partial charge is 0.378 e. The topological polar surface area (TPSA) is 49.8 Å². The first kappa shape index (κ1) is 23.4. The Morgan fingerprint density at radius 3 is 2.62 bits per heavy atom. The molecule has 0 atom stereocenters. The van der Waals surface area contributed by atoms with Crippen molar-refractivity contribution in [2.75, 3.05) is 32.8 Å². The lowest BCUT2D eigenvalue weighted by molar-refractivity contribution is -0.140. The Morgan fingerprint density at radius 2 is 2.08 bits per heavy atom. The zero-order valence-electron chi connectivity index (χ0n) is 15.0. The molecule has 1 aromatic heterocycles. The summed E-state index contributed by atoms with van der Waals surface area (Å²) in [6.07, 6.45) is -1.75. The van der Waals surface area contributed by atoms with Crippen LogP contribution >= 0.6 is 35.3 Å². The van der Waals surface area contributed by atoms with E-state index in [4.69, 9.17) is 4.74 Å². The fourth-order valence-corrected chi connectivity index (χ4v) is 3.50. The second kappa shape index (κ2) is 11.3. The summed E-state index contributed by atoms with van der Waals surface area (Å²) in [5.41, 5.74) is -0.818. The molecule has 1 aromatic rings. The van der Waals surface area contributed by atoms with Crippen LogP contribution in [-0.4, -0.2) is 54.7 Å². The van der Waals surface area contributed by atoms with Crippen molar-refractivity contribution in [1.82, 2.24) is 15.2 Å². The number of ether oxygens (including phenoxy) is 1. The van der Waals surface area contributed by atoms with E-state index in [1.54, 1.807) is 0 Å². The molecule has 1 aliphatic rings. The fourth-order valence-electron chi connectivity index (χ4n) is 2.71. The van der Waals surface area contributed by atoms with Crippen molar-refractivity contribution in [2.45, 2.75) is 45.4 Å². The number of hydrogen-bond donors (Lipinski definition) is 1. The van der Waals surface area contributed by atoms with Gasteiger partial charge in [0.15, 0.2) is 11.7 Å². The van der Waals surface area contributed by atoms with E-state index in [1.807, 2.05) is 13.8 Å².